The number of thiazole rings is 1. The Hall–Kier alpha value is -1.20. The molecule has 0 unspecified atom stereocenters. The van der Waals surface area contributed by atoms with Crippen LogP contribution >= 0.6 is 11.3 Å². The number of imidazole rings is 1. The maximum Gasteiger partial charge on any atom is 0.169 e. The van der Waals surface area contributed by atoms with Crippen molar-refractivity contribution in [3.05, 3.63) is 24.0 Å². The predicted molar refractivity (Wildman–Crippen MR) is 50.4 cm³/mol. The zero-order valence-corrected chi connectivity index (χ0v) is 7.74. The minimum atomic E-state index is 0.120. The SMILES string of the molecule is OCCn1ccnc1-c1nccs1. The van der Waals surface area contributed by atoms with Crippen LogP contribution in [-0.2, 0) is 6.54 Å². The third-order valence-corrected chi connectivity index (χ3v) is 2.45. The Balaban J connectivity index is 2.35. The van der Waals surface area contributed by atoms with Crippen molar-refractivity contribution in [2.75, 3.05) is 6.61 Å². The average Bonchev–Trinajstić information content (AvgIpc) is 2.71. The minimum absolute atomic E-state index is 0.120. The molecule has 0 aliphatic carbocycles. The van der Waals surface area contributed by atoms with Crippen molar-refractivity contribution in [2.24, 2.45) is 0 Å². The van der Waals surface area contributed by atoms with Gasteiger partial charge >= 0.3 is 0 Å². The van der Waals surface area contributed by atoms with Crippen LogP contribution in [0.2, 0.25) is 0 Å². The lowest BCUT2D eigenvalue weighted by atomic mass is 10.5. The van der Waals surface area contributed by atoms with E-state index in [1.165, 1.54) is 0 Å². The van der Waals surface area contributed by atoms with Crippen LogP contribution in [0.3, 0.4) is 0 Å². The fourth-order valence-electron chi connectivity index (χ4n) is 1.13. The lowest BCUT2D eigenvalue weighted by molar-refractivity contribution is 0.276. The molecule has 5 heteroatoms. The predicted octanol–water partition coefficient (Wildman–Crippen LogP) is 0.999. The summed E-state index contributed by atoms with van der Waals surface area (Å²) in [7, 11) is 0. The quantitative estimate of drug-likeness (QED) is 0.794. The Morgan fingerprint density at radius 3 is 3.00 bits per heavy atom. The zero-order chi connectivity index (χ0) is 9.10. The molecular weight excluding hydrogens is 186 g/mol. The first-order chi connectivity index (χ1) is 6.42. The molecule has 0 saturated carbocycles. The van der Waals surface area contributed by atoms with Gasteiger partial charge in [-0.05, 0) is 0 Å². The second-order valence-corrected chi connectivity index (χ2v) is 3.40. The molecule has 0 radical (unpaired) electrons. The van der Waals surface area contributed by atoms with Gasteiger partial charge in [0, 0.05) is 30.5 Å². The van der Waals surface area contributed by atoms with Crippen molar-refractivity contribution in [2.45, 2.75) is 6.54 Å². The molecule has 13 heavy (non-hydrogen) atoms. The van der Waals surface area contributed by atoms with E-state index in [0.717, 1.165) is 10.8 Å². The van der Waals surface area contributed by atoms with E-state index >= 15 is 0 Å². The molecular formula is C8H9N3OS. The Morgan fingerprint density at radius 2 is 2.31 bits per heavy atom. The first kappa shape index (κ1) is 8.40. The fourth-order valence-corrected chi connectivity index (χ4v) is 1.78. The molecule has 0 aliphatic heterocycles. The van der Waals surface area contributed by atoms with E-state index in [1.54, 1.807) is 23.7 Å². The van der Waals surface area contributed by atoms with E-state index in [2.05, 4.69) is 9.97 Å². The molecule has 2 rings (SSSR count). The van der Waals surface area contributed by atoms with E-state index in [0.29, 0.717) is 6.54 Å². The summed E-state index contributed by atoms with van der Waals surface area (Å²) in [5, 5.41) is 11.6. The summed E-state index contributed by atoms with van der Waals surface area (Å²) in [4.78, 5) is 8.33. The van der Waals surface area contributed by atoms with Gasteiger partial charge in [-0.2, -0.15) is 0 Å². The van der Waals surface area contributed by atoms with Crippen molar-refractivity contribution >= 4 is 11.3 Å². The summed E-state index contributed by atoms with van der Waals surface area (Å²) in [5.41, 5.74) is 0. The molecule has 2 aromatic rings. The summed E-state index contributed by atoms with van der Waals surface area (Å²) in [6, 6.07) is 0. The van der Waals surface area contributed by atoms with Crippen LogP contribution in [0.1, 0.15) is 0 Å². The molecule has 1 N–H and O–H groups in total. The Labute approximate surface area is 79.5 Å². The second kappa shape index (κ2) is 3.68. The number of aliphatic hydroxyl groups excluding tert-OH is 1. The fraction of sp³-hybridized carbons (Fsp3) is 0.250. The summed E-state index contributed by atoms with van der Waals surface area (Å²) in [6.45, 7) is 0.684. The number of aliphatic hydroxyl groups is 1. The third kappa shape index (κ3) is 1.61. The third-order valence-electron chi connectivity index (χ3n) is 1.68. The van der Waals surface area contributed by atoms with Crippen molar-refractivity contribution in [1.82, 2.24) is 14.5 Å². The molecule has 0 aliphatic rings. The van der Waals surface area contributed by atoms with Crippen LogP contribution in [0.4, 0.5) is 0 Å². The molecule has 0 saturated heterocycles. The van der Waals surface area contributed by atoms with Gasteiger partial charge in [-0.1, -0.05) is 0 Å². The van der Waals surface area contributed by atoms with Crippen molar-refractivity contribution < 1.29 is 5.11 Å². The molecule has 0 spiro atoms. The van der Waals surface area contributed by atoms with E-state index in [-0.39, 0.29) is 6.61 Å². The molecule has 2 heterocycles. The Bertz CT molecular complexity index is 368. The van der Waals surface area contributed by atoms with Gasteiger partial charge in [0.15, 0.2) is 10.8 Å². The number of hydrogen-bond acceptors (Lipinski definition) is 4. The standard InChI is InChI=1S/C8H9N3OS/c12-5-4-11-3-1-9-7(11)8-10-2-6-13-8/h1-3,6,12H,4-5H2. The van der Waals surface area contributed by atoms with Gasteiger partial charge in [0.2, 0.25) is 0 Å². The second-order valence-electron chi connectivity index (χ2n) is 2.51. The van der Waals surface area contributed by atoms with E-state index in [9.17, 15) is 0 Å². The van der Waals surface area contributed by atoms with Gasteiger partial charge in [0.25, 0.3) is 0 Å². The first-order valence-corrected chi connectivity index (χ1v) is 4.81. The van der Waals surface area contributed by atoms with Gasteiger partial charge in [0.05, 0.1) is 6.61 Å². The maximum absolute atomic E-state index is 8.79. The van der Waals surface area contributed by atoms with Crippen molar-refractivity contribution in [3.8, 4) is 10.8 Å². The topological polar surface area (TPSA) is 50.9 Å². The normalized spacial score (nSPS) is 10.5. The monoisotopic (exact) mass is 195 g/mol. The van der Waals surface area contributed by atoms with Crippen LogP contribution < -0.4 is 0 Å². The van der Waals surface area contributed by atoms with Crippen LogP contribution in [0, 0.1) is 0 Å². The highest BCUT2D eigenvalue weighted by Crippen LogP contribution is 2.19. The Kier molecular flexibility index (Phi) is 2.37. The van der Waals surface area contributed by atoms with Gasteiger partial charge < -0.3 is 9.67 Å². The lowest BCUT2D eigenvalue weighted by Crippen LogP contribution is -2.02. The summed E-state index contributed by atoms with van der Waals surface area (Å²) >= 11 is 1.54. The first-order valence-electron chi connectivity index (χ1n) is 3.93. The van der Waals surface area contributed by atoms with Crippen LogP contribution in [0.5, 0.6) is 0 Å². The van der Waals surface area contributed by atoms with Gasteiger partial charge in [-0.3, -0.25) is 0 Å². The van der Waals surface area contributed by atoms with Crippen molar-refractivity contribution in [3.63, 3.8) is 0 Å². The molecule has 0 aromatic carbocycles. The highest BCUT2D eigenvalue weighted by atomic mass is 32.1. The molecule has 68 valence electrons. The molecule has 4 nitrogen and oxygen atoms in total. The number of aromatic nitrogens is 3. The van der Waals surface area contributed by atoms with E-state index in [4.69, 9.17) is 5.11 Å². The summed E-state index contributed by atoms with van der Waals surface area (Å²) < 4.78 is 1.89. The lowest BCUT2D eigenvalue weighted by Gasteiger charge is -2.01. The number of hydrogen-bond donors (Lipinski definition) is 1. The largest absolute Gasteiger partial charge is 0.395 e. The van der Waals surface area contributed by atoms with Crippen LogP contribution in [0.25, 0.3) is 10.8 Å². The van der Waals surface area contributed by atoms with Gasteiger partial charge in [-0.15, -0.1) is 11.3 Å². The average molecular weight is 195 g/mol. The number of nitrogens with zero attached hydrogens (tertiary/aromatic N) is 3. The van der Waals surface area contributed by atoms with Crippen molar-refractivity contribution in [1.29, 1.82) is 0 Å². The van der Waals surface area contributed by atoms with E-state index in [1.807, 2.05) is 16.1 Å². The summed E-state index contributed by atoms with van der Waals surface area (Å²) in [6.07, 6.45) is 5.30. The van der Waals surface area contributed by atoms with Crippen LogP contribution in [0.15, 0.2) is 24.0 Å². The smallest absolute Gasteiger partial charge is 0.169 e. The molecule has 0 amide bonds. The van der Waals surface area contributed by atoms with E-state index < -0.39 is 0 Å². The molecule has 2 aromatic heterocycles. The van der Waals surface area contributed by atoms with Gasteiger partial charge in [0.1, 0.15) is 0 Å². The minimum Gasteiger partial charge on any atom is -0.395 e. The number of rotatable bonds is 3. The highest BCUT2D eigenvalue weighted by molar-refractivity contribution is 7.13. The molecule has 0 atom stereocenters. The molecule has 0 bridgehead atoms. The van der Waals surface area contributed by atoms with Crippen LogP contribution in [-0.4, -0.2) is 26.2 Å². The zero-order valence-electron chi connectivity index (χ0n) is 6.92. The highest BCUT2D eigenvalue weighted by Gasteiger charge is 2.06. The maximum atomic E-state index is 8.79. The Morgan fingerprint density at radius 1 is 1.38 bits per heavy atom. The van der Waals surface area contributed by atoms with Gasteiger partial charge in [-0.25, -0.2) is 9.97 Å². The summed E-state index contributed by atoms with van der Waals surface area (Å²) in [5.74, 6) is 0.823. The molecule has 0 fully saturated rings.